The van der Waals surface area contributed by atoms with Crippen LogP contribution in [0.25, 0.3) is 0 Å². The molecule has 5 nitrogen and oxygen atoms in total. The van der Waals surface area contributed by atoms with Crippen LogP contribution in [0.5, 0.6) is 5.75 Å². The molecule has 5 rings (SSSR count). The van der Waals surface area contributed by atoms with Crippen molar-refractivity contribution in [2.45, 2.75) is 69.2 Å². The van der Waals surface area contributed by atoms with E-state index in [0.29, 0.717) is 18.8 Å². The molecule has 0 unspecified atom stereocenters. The van der Waals surface area contributed by atoms with Crippen molar-refractivity contribution in [2.24, 2.45) is 11.8 Å². The highest BCUT2D eigenvalue weighted by Gasteiger charge is 2.51. The zero-order chi connectivity index (χ0) is 25.0. The Hall–Kier alpha value is -2.77. The van der Waals surface area contributed by atoms with Gasteiger partial charge in [-0.1, -0.05) is 19.1 Å². The third-order valence-corrected chi connectivity index (χ3v) is 8.08. The summed E-state index contributed by atoms with van der Waals surface area (Å²) in [5.41, 5.74) is 1.15. The molecule has 0 radical (unpaired) electrons. The number of fused-ring (bicyclic) bond motifs is 1. The van der Waals surface area contributed by atoms with Crippen LogP contribution in [0.15, 0.2) is 36.5 Å². The van der Waals surface area contributed by atoms with Gasteiger partial charge in [0.1, 0.15) is 17.2 Å². The molecule has 188 valence electrons. The van der Waals surface area contributed by atoms with Gasteiger partial charge in [0.25, 0.3) is 0 Å². The average Bonchev–Trinajstić information content (AvgIpc) is 3.65. The number of aromatic nitrogens is 1. The van der Waals surface area contributed by atoms with Crippen LogP contribution in [-0.2, 0) is 22.1 Å². The van der Waals surface area contributed by atoms with Crippen LogP contribution in [-0.4, -0.2) is 36.8 Å². The number of methoxy groups -OCH3 is 1. The van der Waals surface area contributed by atoms with Gasteiger partial charge in [0.15, 0.2) is 0 Å². The Morgan fingerprint density at radius 1 is 1.26 bits per heavy atom. The Bertz CT molecular complexity index is 1110. The number of anilines is 1. The number of alkyl halides is 3. The molecule has 2 saturated carbocycles. The number of aryl methyl sites for hydroxylation is 1. The molecule has 2 fully saturated rings. The molecule has 1 spiro atoms. The molecule has 2 heterocycles. The Morgan fingerprint density at radius 2 is 2.00 bits per heavy atom. The van der Waals surface area contributed by atoms with Crippen molar-refractivity contribution in [2.75, 3.05) is 19.1 Å². The van der Waals surface area contributed by atoms with Gasteiger partial charge in [-0.25, -0.2) is 4.98 Å². The van der Waals surface area contributed by atoms with Crippen LogP contribution >= 0.6 is 0 Å². The minimum absolute atomic E-state index is 0.0394. The molecule has 0 amide bonds. The van der Waals surface area contributed by atoms with E-state index >= 15 is 0 Å². The fraction of sp³-hybridized carbons (Fsp3) is 0.556. The summed E-state index contributed by atoms with van der Waals surface area (Å²) >= 11 is 0. The maximum Gasteiger partial charge on any atom is 0.419 e. The van der Waals surface area contributed by atoms with E-state index in [4.69, 9.17) is 9.47 Å². The maximum atomic E-state index is 13.5. The molecule has 2 aromatic rings. The largest absolute Gasteiger partial charge is 0.487 e. The minimum atomic E-state index is -4.45. The Balaban J connectivity index is 1.32. The lowest BCUT2D eigenvalue weighted by atomic mass is 9.70. The van der Waals surface area contributed by atoms with E-state index < -0.39 is 11.7 Å². The highest BCUT2D eigenvalue weighted by molar-refractivity contribution is 5.73. The number of ether oxygens (including phenoxy) is 2. The van der Waals surface area contributed by atoms with Gasteiger partial charge in [0.2, 0.25) is 0 Å². The summed E-state index contributed by atoms with van der Waals surface area (Å²) in [6, 6.07) is 8.61. The summed E-state index contributed by atoms with van der Waals surface area (Å²) in [6.07, 6.45) is 2.15. The quantitative estimate of drug-likeness (QED) is 0.484. The standard InChI is InChI=1S/C27H31F3N2O3/c1-16(25(33)34-3)23(18-7-8-18)19-9-6-17-10-11-26(35-22(17)13-19)14-20(15-26)32(2)24-21(27(28,29)30)5-4-12-31-24/h4-6,9,12-13,16,18,20,23H,7-8,10-11,14-15H2,1-3H3/t16-,20?,23+,26?/m1/s1. The fourth-order valence-electron chi connectivity index (χ4n) is 5.92. The molecular formula is C27H31F3N2O3. The first-order valence-electron chi connectivity index (χ1n) is 12.3. The number of hydrogen-bond acceptors (Lipinski definition) is 5. The Labute approximate surface area is 203 Å². The molecular weight excluding hydrogens is 457 g/mol. The molecule has 1 aromatic heterocycles. The summed E-state index contributed by atoms with van der Waals surface area (Å²) in [7, 11) is 3.10. The van der Waals surface area contributed by atoms with Crippen molar-refractivity contribution >= 4 is 11.8 Å². The SMILES string of the molecule is COC(=O)[C@H](C)[C@H](c1ccc2c(c1)OC1(CC2)CC(N(C)c2ncccc2C(F)(F)F)C1)C1CC1. The van der Waals surface area contributed by atoms with Crippen LogP contribution in [0.3, 0.4) is 0 Å². The number of carbonyl (C=O) groups excluding carboxylic acids is 1. The number of pyridine rings is 1. The summed E-state index contributed by atoms with van der Waals surface area (Å²) in [4.78, 5) is 18.0. The lowest BCUT2D eigenvalue weighted by Gasteiger charge is -2.53. The minimum Gasteiger partial charge on any atom is -0.487 e. The van der Waals surface area contributed by atoms with Crippen molar-refractivity contribution in [3.63, 3.8) is 0 Å². The van der Waals surface area contributed by atoms with Gasteiger partial charge in [-0.2, -0.15) is 13.2 Å². The molecule has 8 heteroatoms. The molecule has 35 heavy (non-hydrogen) atoms. The molecule has 2 aliphatic carbocycles. The third-order valence-electron chi connectivity index (χ3n) is 8.08. The normalized spacial score (nSPS) is 25.1. The topological polar surface area (TPSA) is 51.7 Å². The highest BCUT2D eigenvalue weighted by Crippen LogP contribution is 2.51. The Morgan fingerprint density at radius 3 is 2.66 bits per heavy atom. The van der Waals surface area contributed by atoms with Gasteiger partial charge >= 0.3 is 12.1 Å². The fourth-order valence-corrected chi connectivity index (χ4v) is 5.92. The average molecular weight is 489 g/mol. The Kier molecular flexibility index (Phi) is 5.96. The van der Waals surface area contributed by atoms with E-state index in [0.717, 1.165) is 48.6 Å². The van der Waals surface area contributed by atoms with Crippen LogP contribution in [0.4, 0.5) is 19.0 Å². The van der Waals surface area contributed by atoms with Crippen LogP contribution in [0, 0.1) is 11.8 Å². The number of esters is 1. The van der Waals surface area contributed by atoms with Crippen molar-refractivity contribution in [3.05, 3.63) is 53.2 Å². The zero-order valence-corrected chi connectivity index (χ0v) is 20.3. The van der Waals surface area contributed by atoms with E-state index in [-0.39, 0.29) is 35.3 Å². The molecule has 2 atom stereocenters. The second-order valence-electron chi connectivity index (χ2n) is 10.4. The van der Waals surface area contributed by atoms with Crippen molar-refractivity contribution in [1.29, 1.82) is 0 Å². The van der Waals surface area contributed by atoms with Crippen molar-refractivity contribution in [3.8, 4) is 5.75 Å². The van der Waals surface area contributed by atoms with Gasteiger partial charge in [0.05, 0.1) is 18.6 Å². The van der Waals surface area contributed by atoms with E-state index in [1.807, 2.05) is 6.92 Å². The summed E-state index contributed by atoms with van der Waals surface area (Å²) in [5.74, 6) is 0.941. The second-order valence-corrected chi connectivity index (χ2v) is 10.4. The molecule has 1 aromatic carbocycles. The number of rotatable bonds is 6. The maximum absolute atomic E-state index is 13.5. The predicted octanol–water partition coefficient (Wildman–Crippen LogP) is 5.77. The van der Waals surface area contributed by atoms with Crippen molar-refractivity contribution in [1.82, 2.24) is 4.98 Å². The zero-order valence-electron chi connectivity index (χ0n) is 20.3. The first-order chi connectivity index (χ1) is 16.6. The monoisotopic (exact) mass is 488 g/mol. The van der Waals surface area contributed by atoms with Crippen molar-refractivity contribution < 1.29 is 27.4 Å². The van der Waals surface area contributed by atoms with Gasteiger partial charge in [-0.05, 0) is 66.8 Å². The van der Waals surface area contributed by atoms with Gasteiger partial charge < -0.3 is 14.4 Å². The second kappa shape index (κ2) is 8.71. The smallest absolute Gasteiger partial charge is 0.419 e. The van der Waals surface area contributed by atoms with Gasteiger partial charge in [-0.15, -0.1) is 0 Å². The highest BCUT2D eigenvalue weighted by atomic mass is 19.4. The summed E-state index contributed by atoms with van der Waals surface area (Å²) in [6.45, 7) is 1.93. The van der Waals surface area contributed by atoms with E-state index in [2.05, 4.69) is 23.2 Å². The predicted molar refractivity (Wildman–Crippen MR) is 125 cm³/mol. The van der Waals surface area contributed by atoms with E-state index in [9.17, 15) is 18.0 Å². The number of carbonyl (C=O) groups is 1. The van der Waals surface area contributed by atoms with E-state index in [1.54, 1.807) is 11.9 Å². The summed E-state index contributed by atoms with van der Waals surface area (Å²) in [5, 5.41) is 0. The van der Waals surface area contributed by atoms with Crippen LogP contribution in [0.2, 0.25) is 0 Å². The molecule has 0 bridgehead atoms. The van der Waals surface area contributed by atoms with Gasteiger partial charge in [0, 0.05) is 32.1 Å². The molecule has 0 N–H and O–H groups in total. The van der Waals surface area contributed by atoms with E-state index in [1.165, 1.54) is 19.4 Å². The van der Waals surface area contributed by atoms with Gasteiger partial charge in [-0.3, -0.25) is 4.79 Å². The molecule has 0 saturated heterocycles. The first-order valence-corrected chi connectivity index (χ1v) is 12.3. The lowest BCUT2D eigenvalue weighted by molar-refractivity contribution is -0.145. The number of nitrogens with zero attached hydrogens (tertiary/aromatic N) is 2. The number of hydrogen-bond donors (Lipinski definition) is 0. The molecule has 3 aliphatic rings. The van der Waals surface area contributed by atoms with Crippen LogP contribution in [0.1, 0.15) is 61.6 Å². The third kappa shape index (κ3) is 4.47. The lowest BCUT2D eigenvalue weighted by Crippen LogP contribution is -2.59. The first kappa shape index (κ1) is 23.9. The number of halogens is 3. The van der Waals surface area contributed by atoms with Crippen LogP contribution < -0.4 is 9.64 Å². The number of benzene rings is 1. The molecule has 1 aliphatic heterocycles. The summed E-state index contributed by atoms with van der Waals surface area (Å²) < 4.78 is 52.0.